The summed E-state index contributed by atoms with van der Waals surface area (Å²) in [7, 11) is 1.74. The van der Waals surface area contributed by atoms with Gasteiger partial charge in [-0.25, -0.2) is 0 Å². The van der Waals surface area contributed by atoms with Crippen LogP contribution in [-0.4, -0.2) is 19.2 Å². The van der Waals surface area contributed by atoms with Crippen LogP contribution in [0.25, 0.3) is 5.57 Å². The number of hydrogen-bond donors (Lipinski definition) is 1. The van der Waals surface area contributed by atoms with Gasteiger partial charge in [0.2, 0.25) is 0 Å². The van der Waals surface area contributed by atoms with Crippen LogP contribution in [0.2, 0.25) is 0 Å². The fourth-order valence-corrected chi connectivity index (χ4v) is 4.18. The van der Waals surface area contributed by atoms with Gasteiger partial charge in [0.15, 0.2) is 0 Å². The van der Waals surface area contributed by atoms with Gasteiger partial charge in [-0.1, -0.05) is 47.5 Å². The van der Waals surface area contributed by atoms with Crippen molar-refractivity contribution in [2.75, 3.05) is 7.11 Å². The van der Waals surface area contributed by atoms with Crippen molar-refractivity contribution in [2.24, 2.45) is 0 Å². The third kappa shape index (κ3) is 2.99. The average molecular weight is 319 g/mol. The highest BCUT2D eigenvalue weighted by molar-refractivity contribution is 5.83. The van der Waals surface area contributed by atoms with E-state index in [-0.39, 0.29) is 0 Å². The molecule has 124 valence electrons. The fourth-order valence-electron chi connectivity index (χ4n) is 4.18. The Morgan fingerprint density at radius 2 is 1.67 bits per heavy atom. The van der Waals surface area contributed by atoms with Gasteiger partial charge in [0.1, 0.15) is 5.75 Å². The van der Waals surface area contributed by atoms with Crippen molar-refractivity contribution in [3.05, 3.63) is 70.8 Å². The Morgan fingerprint density at radius 1 is 0.958 bits per heavy atom. The number of nitrogens with one attached hydrogen (secondary N) is 1. The van der Waals surface area contributed by atoms with E-state index in [1.807, 2.05) is 6.07 Å². The number of ether oxygens (including phenoxy) is 1. The number of rotatable bonds is 3. The lowest BCUT2D eigenvalue weighted by Crippen LogP contribution is -2.35. The van der Waals surface area contributed by atoms with Gasteiger partial charge in [0, 0.05) is 12.1 Å². The summed E-state index contributed by atoms with van der Waals surface area (Å²) in [6, 6.07) is 18.8. The molecule has 2 atom stereocenters. The number of benzene rings is 2. The summed E-state index contributed by atoms with van der Waals surface area (Å²) in [6.45, 7) is 2.15. The fraction of sp³-hybridized carbons (Fsp3) is 0.364. The molecule has 2 bridgehead atoms. The molecule has 2 heteroatoms. The van der Waals surface area contributed by atoms with Crippen molar-refractivity contribution in [3.8, 4) is 5.75 Å². The summed E-state index contributed by atoms with van der Waals surface area (Å²) in [4.78, 5) is 0. The number of methoxy groups -OCH3 is 1. The van der Waals surface area contributed by atoms with Gasteiger partial charge < -0.3 is 10.1 Å². The molecule has 2 aromatic rings. The first kappa shape index (κ1) is 15.5. The Hall–Kier alpha value is -2.06. The largest absolute Gasteiger partial charge is 0.497 e. The normalized spacial score (nSPS) is 22.5. The minimum atomic E-state index is 0.657. The van der Waals surface area contributed by atoms with E-state index in [1.165, 1.54) is 35.1 Å². The predicted octanol–water partition coefficient (Wildman–Crippen LogP) is 4.72. The molecule has 0 saturated carbocycles. The van der Waals surface area contributed by atoms with Crippen LogP contribution in [0, 0.1) is 6.92 Å². The lowest BCUT2D eigenvalue weighted by atomic mass is 9.86. The van der Waals surface area contributed by atoms with Crippen molar-refractivity contribution in [1.82, 2.24) is 5.32 Å². The van der Waals surface area contributed by atoms with Gasteiger partial charge in [-0.05, 0) is 61.4 Å². The van der Waals surface area contributed by atoms with Gasteiger partial charge in [-0.3, -0.25) is 0 Å². The van der Waals surface area contributed by atoms with E-state index in [0.717, 1.165) is 18.6 Å². The van der Waals surface area contributed by atoms with Gasteiger partial charge >= 0.3 is 0 Å². The molecule has 0 amide bonds. The maximum atomic E-state index is 5.47. The van der Waals surface area contributed by atoms with Crippen molar-refractivity contribution in [2.45, 2.75) is 44.7 Å². The Morgan fingerprint density at radius 3 is 2.33 bits per heavy atom. The van der Waals surface area contributed by atoms with Crippen LogP contribution in [0.4, 0.5) is 0 Å². The standard InChI is InChI=1S/C22H25NO/c1-15-6-8-16(9-7-15)22(17-4-3-5-21(14-17)24-2)18-12-19-10-11-20(13-18)23-19/h3-9,14,19-20,23H,10-13H2,1-2H3. The second kappa shape index (κ2) is 6.45. The van der Waals surface area contributed by atoms with E-state index >= 15 is 0 Å². The molecule has 2 aliphatic rings. The van der Waals surface area contributed by atoms with Crippen LogP contribution in [-0.2, 0) is 0 Å². The number of hydrogen-bond acceptors (Lipinski definition) is 2. The van der Waals surface area contributed by atoms with E-state index in [4.69, 9.17) is 4.74 Å². The summed E-state index contributed by atoms with van der Waals surface area (Å²) in [5.74, 6) is 0.926. The van der Waals surface area contributed by atoms with Gasteiger partial charge in [-0.15, -0.1) is 0 Å². The summed E-state index contributed by atoms with van der Waals surface area (Å²) < 4.78 is 5.47. The van der Waals surface area contributed by atoms with E-state index in [1.54, 1.807) is 12.7 Å². The molecule has 0 aliphatic carbocycles. The van der Waals surface area contributed by atoms with Crippen molar-refractivity contribution >= 4 is 5.57 Å². The first-order chi connectivity index (χ1) is 11.7. The summed E-state index contributed by atoms with van der Waals surface area (Å²) in [6.07, 6.45) is 4.95. The molecule has 0 spiro atoms. The molecule has 24 heavy (non-hydrogen) atoms. The molecular weight excluding hydrogens is 294 g/mol. The van der Waals surface area contributed by atoms with Crippen LogP contribution in [0.5, 0.6) is 5.75 Å². The quantitative estimate of drug-likeness (QED) is 0.884. The topological polar surface area (TPSA) is 21.3 Å². The number of fused-ring (bicyclic) bond motifs is 2. The first-order valence-electron chi connectivity index (χ1n) is 8.92. The summed E-state index contributed by atoms with van der Waals surface area (Å²) in [5, 5.41) is 3.75. The zero-order chi connectivity index (χ0) is 16.5. The van der Waals surface area contributed by atoms with Crippen molar-refractivity contribution in [1.29, 1.82) is 0 Å². The highest BCUT2D eigenvalue weighted by Crippen LogP contribution is 2.38. The maximum Gasteiger partial charge on any atom is 0.119 e. The first-order valence-corrected chi connectivity index (χ1v) is 8.92. The second-order valence-corrected chi connectivity index (χ2v) is 7.12. The molecule has 1 N–H and O–H groups in total. The zero-order valence-corrected chi connectivity index (χ0v) is 14.5. The SMILES string of the molecule is COc1cccc(C(=C2CC3CCC(C2)N3)c2ccc(C)cc2)c1. The van der Waals surface area contributed by atoms with E-state index in [2.05, 4.69) is 54.7 Å². The zero-order valence-electron chi connectivity index (χ0n) is 14.5. The lowest BCUT2D eigenvalue weighted by molar-refractivity contribution is 0.414. The van der Waals surface area contributed by atoms with E-state index in [0.29, 0.717) is 12.1 Å². The molecule has 2 fully saturated rings. The van der Waals surface area contributed by atoms with Gasteiger partial charge in [0.05, 0.1) is 7.11 Å². The van der Waals surface area contributed by atoms with Gasteiger partial charge in [0.25, 0.3) is 0 Å². The van der Waals surface area contributed by atoms with Crippen LogP contribution in [0.3, 0.4) is 0 Å². The molecule has 0 aromatic heterocycles. The van der Waals surface area contributed by atoms with Crippen LogP contribution < -0.4 is 10.1 Å². The molecule has 0 radical (unpaired) electrons. The molecule has 2 nitrogen and oxygen atoms in total. The Bertz CT molecular complexity index is 746. The highest BCUT2D eigenvalue weighted by atomic mass is 16.5. The highest BCUT2D eigenvalue weighted by Gasteiger charge is 2.32. The predicted molar refractivity (Wildman–Crippen MR) is 99.4 cm³/mol. The number of aryl methyl sites for hydroxylation is 1. The molecular formula is C22H25NO. The number of piperidine rings is 1. The van der Waals surface area contributed by atoms with Crippen LogP contribution in [0.1, 0.15) is 42.4 Å². The Balaban J connectivity index is 1.84. The third-order valence-corrected chi connectivity index (χ3v) is 5.37. The van der Waals surface area contributed by atoms with E-state index in [9.17, 15) is 0 Å². The monoisotopic (exact) mass is 319 g/mol. The lowest BCUT2D eigenvalue weighted by Gasteiger charge is -2.27. The maximum absolute atomic E-state index is 5.47. The second-order valence-electron chi connectivity index (χ2n) is 7.12. The minimum Gasteiger partial charge on any atom is -0.497 e. The molecule has 2 unspecified atom stereocenters. The minimum absolute atomic E-state index is 0.657. The van der Waals surface area contributed by atoms with Crippen molar-refractivity contribution in [3.63, 3.8) is 0 Å². The molecule has 2 saturated heterocycles. The van der Waals surface area contributed by atoms with Gasteiger partial charge in [-0.2, -0.15) is 0 Å². The van der Waals surface area contributed by atoms with E-state index < -0.39 is 0 Å². The van der Waals surface area contributed by atoms with Crippen LogP contribution >= 0.6 is 0 Å². The smallest absolute Gasteiger partial charge is 0.119 e. The van der Waals surface area contributed by atoms with Crippen molar-refractivity contribution < 1.29 is 4.74 Å². The molecule has 2 aliphatic heterocycles. The average Bonchev–Trinajstić information content (AvgIpc) is 2.95. The third-order valence-electron chi connectivity index (χ3n) is 5.37. The van der Waals surface area contributed by atoms with Crippen LogP contribution in [0.15, 0.2) is 54.1 Å². The Kier molecular flexibility index (Phi) is 4.15. The Labute approximate surface area is 144 Å². The molecule has 4 rings (SSSR count). The summed E-state index contributed by atoms with van der Waals surface area (Å²) >= 11 is 0. The molecule has 2 heterocycles. The molecule has 2 aromatic carbocycles. The summed E-state index contributed by atoms with van der Waals surface area (Å²) in [5.41, 5.74) is 6.91.